The van der Waals surface area contributed by atoms with Crippen molar-refractivity contribution in [1.82, 2.24) is 30.4 Å². The molecule has 3 aromatic rings. The zero-order valence-electron chi connectivity index (χ0n) is 30.9. The second kappa shape index (κ2) is 16.1. The lowest BCUT2D eigenvalue weighted by atomic mass is 10.0. The van der Waals surface area contributed by atoms with Crippen molar-refractivity contribution in [3.05, 3.63) is 63.5 Å². The number of thiophene rings is 1. The molecule has 0 spiro atoms. The van der Waals surface area contributed by atoms with Crippen molar-refractivity contribution in [3.63, 3.8) is 0 Å². The van der Waals surface area contributed by atoms with Crippen LogP contribution in [0.25, 0.3) is 17.0 Å². The van der Waals surface area contributed by atoms with Crippen molar-refractivity contribution in [3.8, 4) is 17.0 Å². The summed E-state index contributed by atoms with van der Waals surface area (Å²) in [6.45, 7) is 11.3. The minimum absolute atomic E-state index is 0.0205. The molecule has 2 unspecified atom stereocenters. The Labute approximate surface area is 309 Å². The fourth-order valence-corrected chi connectivity index (χ4v) is 8.35. The number of H-pyrrole nitrogens is 1. The maximum Gasteiger partial charge on any atom is 0.407 e. The third-order valence-corrected chi connectivity index (χ3v) is 11.3. The summed E-state index contributed by atoms with van der Waals surface area (Å²) in [5.41, 5.74) is 8.78. The number of carbonyl (C=O) groups is 2. The molecule has 14 heteroatoms. The fraction of sp³-hybridized carbons (Fsp3) is 0.526. The van der Waals surface area contributed by atoms with Crippen LogP contribution >= 0.6 is 11.3 Å². The molecule has 280 valence electrons. The molecule has 6 rings (SSSR count). The van der Waals surface area contributed by atoms with E-state index in [0.29, 0.717) is 59.3 Å². The number of aromatic amines is 1. The van der Waals surface area contributed by atoms with Crippen LogP contribution in [0.2, 0.25) is 0 Å². The van der Waals surface area contributed by atoms with Crippen molar-refractivity contribution < 1.29 is 23.5 Å². The normalized spacial score (nSPS) is 22.4. The van der Waals surface area contributed by atoms with Gasteiger partial charge in [0.25, 0.3) is 0 Å². The summed E-state index contributed by atoms with van der Waals surface area (Å²) in [5.74, 6) is 0.789. The molecule has 2 aromatic heterocycles. The molecule has 5 heterocycles. The van der Waals surface area contributed by atoms with Gasteiger partial charge in [0.1, 0.15) is 35.4 Å². The number of allylic oxidation sites excluding steroid dienone is 1. The zero-order chi connectivity index (χ0) is 37.1. The Balaban J connectivity index is 1.34. The Morgan fingerprint density at radius 3 is 2.71 bits per heavy atom. The van der Waals surface area contributed by atoms with Gasteiger partial charge in [-0.25, -0.2) is 19.2 Å². The number of imidazole rings is 1. The topological polar surface area (TPSA) is 150 Å². The molecule has 1 aromatic carbocycles. The number of methoxy groups -OCH3 is 1. The van der Waals surface area contributed by atoms with E-state index in [-0.39, 0.29) is 23.9 Å². The highest BCUT2D eigenvalue weighted by Crippen LogP contribution is 2.47. The van der Waals surface area contributed by atoms with Crippen molar-refractivity contribution in [2.45, 2.75) is 104 Å². The van der Waals surface area contributed by atoms with Crippen LogP contribution in [0.5, 0.6) is 5.75 Å². The van der Waals surface area contributed by atoms with Crippen LogP contribution in [0, 0.1) is 11.7 Å². The Hall–Kier alpha value is -4.43. The molecule has 2 fully saturated rings. The van der Waals surface area contributed by atoms with Gasteiger partial charge in [-0.2, -0.15) is 0 Å². The van der Waals surface area contributed by atoms with Gasteiger partial charge in [0.05, 0.1) is 47.2 Å². The van der Waals surface area contributed by atoms with Gasteiger partial charge in [-0.3, -0.25) is 4.79 Å². The fourth-order valence-electron chi connectivity index (χ4n) is 7.37. The number of nitrogens with two attached hydrogens (primary N) is 1. The van der Waals surface area contributed by atoms with Crippen LogP contribution in [0.4, 0.5) is 9.18 Å². The summed E-state index contributed by atoms with van der Waals surface area (Å²) in [4.78, 5) is 44.7. The Morgan fingerprint density at radius 2 is 2.04 bits per heavy atom. The molecular formula is C38H51FN8O4S. The van der Waals surface area contributed by atoms with E-state index in [0.717, 1.165) is 37.1 Å². The molecule has 0 radical (unpaired) electrons. The number of likely N-dealkylation sites (tertiary alicyclic amines) is 1. The first kappa shape index (κ1) is 37.3. The second-order valence-corrected chi connectivity index (χ2v) is 15.1. The number of amidine groups is 1. The van der Waals surface area contributed by atoms with E-state index < -0.39 is 30.3 Å². The van der Waals surface area contributed by atoms with E-state index >= 15 is 4.39 Å². The molecule has 52 heavy (non-hydrogen) atoms. The highest BCUT2D eigenvalue weighted by atomic mass is 32.1. The summed E-state index contributed by atoms with van der Waals surface area (Å²) < 4.78 is 28.1. The number of benzene rings is 1. The zero-order valence-corrected chi connectivity index (χ0v) is 31.7. The highest BCUT2D eigenvalue weighted by Gasteiger charge is 2.40. The smallest absolute Gasteiger partial charge is 0.407 e. The molecule has 3 aliphatic heterocycles. The average molecular weight is 735 g/mol. The summed E-state index contributed by atoms with van der Waals surface area (Å²) in [7, 11) is 1.28. The maximum atomic E-state index is 16.6. The third-order valence-electron chi connectivity index (χ3n) is 10.1. The lowest BCUT2D eigenvalue weighted by Crippen LogP contribution is -2.51. The summed E-state index contributed by atoms with van der Waals surface area (Å²) in [6.07, 6.45) is 7.08. The van der Waals surface area contributed by atoms with E-state index in [2.05, 4.69) is 39.7 Å². The average Bonchev–Trinajstić information content (AvgIpc) is 3.96. The Kier molecular flexibility index (Phi) is 11.5. The van der Waals surface area contributed by atoms with E-state index in [1.807, 2.05) is 44.7 Å². The summed E-state index contributed by atoms with van der Waals surface area (Å²) >= 11 is 1.67. The Morgan fingerprint density at radius 1 is 1.23 bits per heavy atom. The molecule has 2 saturated heterocycles. The molecule has 2 amide bonds. The lowest BCUT2D eigenvalue weighted by molar-refractivity contribution is -0.135. The number of alkyl carbamates (subject to hydrolysis) is 1. The van der Waals surface area contributed by atoms with Gasteiger partial charge in [0.15, 0.2) is 0 Å². The van der Waals surface area contributed by atoms with Gasteiger partial charge in [-0.1, -0.05) is 33.8 Å². The van der Waals surface area contributed by atoms with Gasteiger partial charge in [-0.15, -0.1) is 11.3 Å². The molecule has 0 bridgehead atoms. The standard InChI is InChI=1S/C38H51FN8O4S/c1-7-11-28-32-25(39)18-23(27-20-42-35(44-27)29-13-10-17-46(29)36(48)33(21(3)4)45-38(49)50-6)19-30(32)51-37(31-15-14-24(8-2)52-31)47(28)22(5)43-34(40)26-12-9-16-41-26/h11,14-15,18-22,26,29,33,37,41H,7-10,12-13,16-17H2,1-6H3,(H2,40,43)(H,42,44)(H,45,49)/b28-11-/t22?,26-,29-,33-,37?/m0/s1. The highest BCUT2D eigenvalue weighted by molar-refractivity contribution is 7.12. The van der Waals surface area contributed by atoms with Crippen molar-refractivity contribution in [1.29, 1.82) is 0 Å². The number of fused-ring (bicyclic) bond motifs is 1. The van der Waals surface area contributed by atoms with Crippen LogP contribution in [-0.2, 0) is 16.0 Å². The predicted octanol–water partition coefficient (Wildman–Crippen LogP) is 6.48. The summed E-state index contributed by atoms with van der Waals surface area (Å²) in [5, 5.41) is 6.11. The number of hydrogen-bond acceptors (Lipinski definition) is 9. The monoisotopic (exact) mass is 734 g/mol. The van der Waals surface area contributed by atoms with Crippen molar-refractivity contribution in [2.24, 2.45) is 16.6 Å². The first-order valence-corrected chi connectivity index (χ1v) is 19.2. The number of hydrogen-bond donors (Lipinski definition) is 4. The molecule has 0 saturated carbocycles. The number of aryl methyl sites for hydroxylation is 1. The van der Waals surface area contributed by atoms with Crippen molar-refractivity contribution in [2.75, 3.05) is 20.2 Å². The largest absolute Gasteiger partial charge is 0.464 e. The number of carbonyl (C=O) groups excluding carboxylic acids is 2. The number of nitrogens with zero attached hydrogens (tertiary/aromatic N) is 4. The van der Waals surface area contributed by atoms with Crippen LogP contribution in [0.15, 0.2) is 41.5 Å². The molecule has 12 nitrogen and oxygen atoms in total. The minimum atomic E-state index is -0.742. The van der Waals surface area contributed by atoms with Crippen molar-refractivity contribution >= 4 is 34.9 Å². The lowest BCUT2D eigenvalue weighted by Gasteiger charge is -2.42. The van der Waals surface area contributed by atoms with Crippen LogP contribution in [0.3, 0.4) is 0 Å². The van der Waals surface area contributed by atoms with E-state index in [1.165, 1.54) is 18.1 Å². The van der Waals surface area contributed by atoms with E-state index in [4.69, 9.17) is 20.2 Å². The quantitative estimate of drug-likeness (QED) is 0.129. The van der Waals surface area contributed by atoms with Gasteiger partial charge >= 0.3 is 6.09 Å². The summed E-state index contributed by atoms with van der Waals surface area (Å²) in [6, 6.07) is 6.50. The predicted molar refractivity (Wildman–Crippen MR) is 201 cm³/mol. The molecular weight excluding hydrogens is 684 g/mol. The molecule has 0 aliphatic carbocycles. The minimum Gasteiger partial charge on any atom is -0.464 e. The van der Waals surface area contributed by atoms with Crippen LogP contribution in [-0.4, -0.2) is 76.1 Å². The SMILES string of the molecule is CC/C=C1/c2c(F)cc(-c3cnc([C@@H]4CCCN4C(=O)[C@@H](NC(=O)OC)C(C)C)[nH]3)cc2OC(c2ccc(CC)s2)N1C(C)/N=C(\N)[C@@H]1CCCN1. The first-order valence-electron chi connectivity index (χ1n) is 18.4. The molecule has 5 atom stereocenters. The van der Waals surface area contributed by atoms with Gasteiger partial charge in [-0.05, 0) is 82.2 Å². The number of aromatic nitrogens is 2. The number of ether oxygens (including phenoxy) is 2. The maximum absolute atomic E-state index is 16.6. The van der Waals surface area contributed by atoms with Crippen LogP contribution < -0.4 is 21.1 Å². The Bertz CT molecular complexity index is 1820. The number of amides is 2. The van der Waals surface area contributed by atoms with Gasteiger partial charge in [0, 0.05) is 17.0 Å². The number of aliphatic imine (C=N–C) groups is 1. The molecule has 5 N–H and O–H groups in total. The first-order chi connectivity index (χ1) is 25.0. The van der Waals surface area contributed by atoms with E-state index in [1.54, 1.807) is 22.4 Å². The number of halogens is 1. The van der Waals surface area contributed by atoms with Crippen LogP contribution in [0.1, 0.15) is 100 Å². The number of nitrogens with one attached hydrogen (secondary N) is 3. The number of rotatable bonds is 11. The van der Waals surface area contributed by atoms with E-state index in [9.17, 15) is 9.59 Å². The third kappa shape index (κ3) is 7.54. The van der Waals surface area contributed by atoms with Gasteiger partial charge in [0.2, 0.25) is 12.1 Å². The van der Waals surface area contributed by atoms with Gasteiger partial charge < -0.3 is 40.6 Å². The second-order valence-electron chi connectivity index (χ2n) is 13.9. The molecule has 3 aliphatic rings.